The average Bonchev–Trinajstić information content (AvgIpc) is 3.19. The van der Waals surface area contributed by atoms with Gasteiger partial charge in [0.2, 0.25) is 6.79 Å². The molecule has 0 atom stereocenters. The van der Waals surface area contributed by atoms with Crippen molar-refractivity contribution in [1.82, 2.24) is 0 Å². The topological polar surface area (TPSA) is 77.8 Å². The van der Waals surface area contributed by atoms with E-state index in [0.29, 0.717) is 33.4 Å². The highest BCUT2D eigenvalue weighted by Crippen LogP contribution is 2.37. The Kier molecular flexibility index (Phi) is 3.62. The van der Waals surface area contributed by atoms with Crippen molar-refractivity contribution in [3.63, 3.8) is 0 Å². The number of carbonyl (C=O) groups is 2. The smallest absolute Gasteiger partial charge is 0.291 e. The van der Waals surface area contributed by atoms with Gasteiger partial charge in [-0.2, -0.15) is 0 Å². The number of Topliss-reactive ketones (excluding diaryl/α,β-unsaturated/α-hetero) is 1. The Morgan fingerprint density at radius 1 is 1.08 bits per heavy atom. The van der Waals surface area contributed by atoms with E-state index >= 15 is 0 Å². The normalized spacial score (nSPS) is 12.4. The lowest BCUT2D eigenvalue weighted by atomic mass is 10.1. The second kappa shape index (κ2) is 5.82. The van der Waals surface area contributed by atoms with Crippen molar-refractivity contribution in [3.8, 4) is 11.5 Å². The van der Waals surface area contributed by atoms with Gasteiger partial charge in [-0.3, -0.25) is 9.59 Å². The van der Waals surface area contributed by atoms with Crippen LogP contribution in [0.5, 0.6) is 11.5 Å². The lowest BCUT2D eigenvalue weighted by molar-refractivity contribution is 0.0998. The number of ether oxygens (including phenoxy) is 2. The van der Waals surface area contributed by atoms with Crippen LogP contribution < -0.4 is 14.8 Å². The molecule has 1 aliphatic heterocycles. The molecule has 25 heavy (non-hydrogen) atoms. The number of rotatable bonds is 3. The third-order valence-corrected chi connectivity index (χ3v) is 4.08. The van der Waals surface area contributed by atoms with E-state index in [1.165, 1.54) is 6.92 Å². The fraction of sp³-hybridized carbons (Fsp3) is 0.111. The Morgan fingerprint density at radius 3 is 2.60 bits per heavy atom. The Morgan fingerprint density at radius 2 is 1.84 bits per heavy atom. The number of hydrogen-bond acceptors (Lipinski definition) is 5. The highest BCUT2D eigenvalue weighted by Gasteiger charge is 2.21. The summed E-state index contributed by atoms with van der Waals surface area (Å²) in [6.45, 7) is 1.49. The van der Waals surface area contributed by atoms with Crippen molar-refractivity contribution in [1.29, 1.82) is 0 Å². The van der Waals surface area contributed by atoms with E-state index in [2.05, 4.69) is 5.32 Å². The molecule has 6 nitrogen and oxygen atoms in total. The number of ketones is 1. The molecule has 0 unspecified atom stereocenters. The van der Waals surface area contributed by atoms with E-state index < -0.39 is 5.91 Å². The molecule has 0 fully saturated rings. The Labute approximate surface area is 147 Å². The van der Waals surface area contributed by atoms with Gasteiger partial charge in [0.05, 0.1) is 5.69 Å². The minimum atomic E-state index is -0.478. The summed E-state index contributed by atoms with van der Waals surface area (Å²) < 4.78 is 16.1. The van der Waals surface area contributed by atoms with Crippen molar-refractivity contribution in [2.45, 2.75) is 6.92 Å². The highest BCUT2D eigenvalue weighted by molar-refractivity contribution is 6.31. The zero-order valence-electron chi connectivity index (χ0n) is 13.1. The van der Waals surface area contributed by atoms with Crippen LogP contribution in [-0.4, -0.2) is 18.5 Å². The van der Waals surface area contributed by atoms with Crippen molar-refractivity contribution in [3.05, 3.63) is 52.7 Å². The van der Waals surface area contributed by atoms with E-state index in [9.17, 15) is 9.59 Å². The van der Waals surface area contributed by atoms with Crippen molar-refractivity contribution >= 4 is 39.9 Å². The monoisotopic (exact) mass is 357 g/mol. The second-order valence-electron chi connectivity index (χ2n) is 5.55. The van der Waals surface area contributed by atoms with E-state index in [0.717, 1.165) is 5.39 Å². The van der Waals surface area contributed by atoms with E-state index in [1.807, 2.05) is 0 Å². The fourth-order valence-corrected chi connectivity index (χ4v) is 2.83. The van der Waals surface area contributed by atoms with Gasteiger partial charge in [0, 0.05) is 22.0 Å². The minimum absolute atomic E-state index is 0.0778. The first kappa shape index (κ1) is 15.5. The van der Waals surface area contributed by atoms with Crippen LogP contribution in [0.3, 0.4) is 0 Å². The third kappa shape index (κ3) is 2.81. The van der Waals surface area contributed by atoms with Crippen LogP contribution >= 0.6 is 11.6 Å². The molecule has 1 N–H and O–H groups in total. The van der Waals surface area contributed by atoms with Crippen molar-refractivity contribution < 1.29 is 23.5 Å². The summed E-state index contributed by atoms with van der Waals surface area (Å²) in [4.78, 5) is 24.4. The van der Waals surface area contributed by atoms with Gasteiger partial charge in [-0.25, -0.2) is 0 Å². The summed E-state index contributed by atoms with van der Waals surface area (Å²) in [5, 5.41) is 3.96. The van der Waals surface area contributed by atoms with E-state index in [-0.39, 0.29) is 18.3 Å². The Balaban J connectivity index is 1.69. The fourth-order valence-electron chi connectivity index (χ4n) is 2.65. The second-order valence-corrected chi connectivity index (χ2v) is 5.99. The molecule has 3 aromatic rings. The molecule has 0 aliphatic carbocycles. The standard InChI is InChI=1S/C18H12ClNO5/c1-9(21)12-6-15-16(24-8-23-15)7-13(12)20-18(22)17-5-10-4-11(19)2-3-14(10)25-17/h2-7H,8H2,1H3,(H,20,22). The van der Waals surface area contributed by atoms with E-state index in [4.69, 9.17) is 25.5 Å². The molecule has 0 radical (unpaired) electrons. The summed E-state index contributed by atoms with van der Waals surface area (Å²) >= 11 is 5.94. The predicted octanol–water partition coefficient (Wildman–Crippen LogP) is 4.27. The van der Waals surface area contributed by atoms with Crippen LogP contribution in [-0.2, 0) is 0 Å². The van der Waals surface area contributed by atoms with Gasteiger partial charge < -0.3 is 19.2 Å². The number of hydrogen-bond donors (Lipinski definition) is 1. The predicted molar refractivity (Wildman–Crippen MR) is 91.7 cm³/mol. The lowest BCUT2D eigenvalue weighted by Gasteiger charge is -2.09. The first-order chi connectivity index (χ1) is 12.0. The van der Waals surface area contributed by atoms with Crippen LogP contribution in [0.2, 0.25) is 5.02 Å². The number of halogens is 1. The molecule has 7 heteroatoms. The zero-order chi connectivity index (χ0) is 17.6. The maximum atomic E-state index is 12.5. The van der Waals surface area contributed by atoms with Gasteiger partial charge >= 0.3 is 0 Å². The maximum absolute atomic E-state index is 12.5. The van der Waals surface area contributed by atoms with Gasteiger partial charge in [0.15, 0.2) is 23.0 Å². The number of fused-ring (bicyclic) bond motifs is 2. The number of benzene rings is 2. The lowest BCUT2D eigenvalue weighted by Crippen LogP contribution is -2.13. The van der Waals surface area contributed by atoms with Gasteiger partial charge in [-0.15, -0.1) is 0 Å². The summed E-state index contributed by atoms with van der Waals surface area (Å²) in [5.74, 6) is 0.376. The first-order valence-electron chi connectivity index (χ1n) is 7.46. The van der Waals surface area contributed by atoms with Gasteiger partial charge in [0.1, 0.15) is 5.58 Å². The molecule has 1 amide bonds. The number of nitrogens with one attached hydrogen (secondary N) is 1. The van der Waals surface area contributed by atoms with Gasteiger partial charge in [-0.05, 0) is 37.3 Å². The molecule has 1 aromatic heterocycles. The van der Waals surface area contributed by atoms with Crippen LogP contribution in [0, 0.1) is 0 Å². The van der Waals surface area contributed by atoms with Gasteiger partial charge in [-0.1, -0.05) is 11.6 Å². The van der Waals surface area contributed by atoms with Crippen LogP contribution in [0.1, 0.15) is 27.8 Å². The Hall–Kier alpha value is -2.99. The molecule has 126 valence electrons. The average molecular weight is 358 g/mol. The molecule has 0 saturated heterocycles. The largest absolute Gasteiger partial charge is 0.454 e. The van der Waals surface area contributed by atoms with Crippen LogP contribution in [0.25, 0.3) is 11.0 Å². The molecule has 0 spiro atoms. The Bertz CT molecular complexity index is 1020. The highest BCUT2D eigenvalue weighted by atomic mass is 35.5. The first-order valence-corrected chi connectivity index (χ1v) is 7.84. The minimum Gasteiger partial charge on any atom is -0.454 e. The third-order valence-electron chi connectivity index (χ3n) is 3.84. The molecular weight excluding hydrogens is 346 g/mol. The number of furan rings is 1. The van der Waals surface area contributed by atoms with Crippen LogP contribution in [0.4, 0.5) is 5.69 Å². The molecule has 1 aliphatic rings. The molecule has 2 aromatic carbocycles. The summed E-state index contributed by atoms with van der Waals surface area (Å²) in [6.07, 6.45) is 0. The zero-order valence-corrected chi connectivity index (χ0v) is 13.8. The number of amides is 1. The molecule has 4 rings (SSSR count). The summed E-state index contributed by atoms with van der Waals surface area (Å²) in [5.41, 5.74) is 1.21. The molecule has 0 saturated carbocycles. The van der Waals surface area contributed by atoms with Crippen molar-refractivity contribution in [2.75, 3.05) is 12.1 Å². The molecule has 0 bridgehead atoms. The van der Waals surface area contributed by atoms with Crippen molar-refractivity contribution in [2.24, 2.45) is 0 Å². The summed E-state index contributed by atoms with van der Waals surface area (Å²) in [6, 6.07) is 9.79. The molecule has 2 heterocycles. The van der Waals surface area contributed by atoms with Gasteiger partial charge in [0.25, 0.3) is 5.91 Å². The quantitative estimate of drug-likeness (QED) is 0.708. The number of carbonyl (C=O) groups excluding carboxylic acids is 2. The number of anilines is 1. The SMILES string of the molecule is CC(=O)c1cc2c(cc1NC(=O)c1cc3cc(Cl)ccc3o1)OCO2. The summed E-state index contributed by atoms with van der Waals surface area (Å²) in [7, 11) is 0. The van der Waals surface area contributed by atoms with E-state index in [1.54, 1.807) is 36.4 Å². The van der Waals surface area contributed by atoms with Crippen LogP contribution in [0.15, 0.2) is 40.8 Å². The molecular formula is C18H12ClNO5. The maximum Gasteiger partial charge on any atom is 0.291 e.